The van der Waals surface area contributed by atoms with E-state index in [1.165, 1.54) is 18.2 Å². The zero-order chi connectivity index (χ0) is 28.4. The first-order valence-electron chi connectivity index (χ1n) is 14.0. The zero-order valence-electron chi connectivity index (χ0n) is 23.1. The van der Waals surface area contributed by atoms with Gasteiger partial charge in [-0.1, -0.05) is 67.5 Å². The summed E-state index contributed by atoms with van der Waals surface area (Å²) in [4.78, 5) is 42.0. The summed E-state index contributed by atoms with van der Waals surface area (Å²) in [6.45, 7) is 6.31. The van der Waals surface area contributed by atoms with Gasteiger partial charge in [0.2, 0.25) is 0 Å². The maximum atomic E-state index is 14.0. The Morgan fingerprint density at radius 3 is 2.48 bits per heavy atom. The lowest BCUT2D eigenvalue weighted by atomic mass is 9.59. The van der Waals surface area contributed by atoms with Crippen LogP contribution in [-0.2, 0) is 0 Å². The second-order valence-corrected chi connectivity index (χ2v) is 11.1. The lowest BCUT2D eigenvalue weighted by Crippen LogP contribution is -2.40. The van der Waals surface area contributed by atoms with E-state index in [0.717, 1.165) is 12.8 Å². The van der Waals surface area contributed by atoms with Crippen molar-refractivity contribution in [2.24, 2.45) is 29.6 Å². The molecule has 5 rings (SSSR count). The first kappa shape index (κ1) is 27.4. The van der Waals surface area contributed by atoms with Gasteiger partial charge in [-0.25, -0.2) is 4.79 Å². The first-order valence-corrected chi connectivity index (χ1v) is 14.0. The Bertz CT molecular complexity index is 1520. The van der Waals surface area contributed by atoms with Crippen molar-refractivity contribution in [1.82, 2.24) is 4.98 Å². The van der Waals surface area contributed by atoms with Crippen LogP contribution in [0.2, 0.25) is 0 Å². The third kappa shape index (κ3) is 5.31. The molecule has 40 heavy (non-hydrogen) atoms. The van der Waals surface area contributed by atoms with Crippen molar-refractivity contribution < 1.29 is 19.4 Å². The number of fused-ring (bicyclic) bond motifs is 1. The second-order valence-electron chi connectivity index (χ2n) is 11.1. The number of rotatable bonds is 6. The summed E-state index contributed by atoms with van der Waals surface area (Å²) in [5.41, 5.74) is 1.71. The number of benzene rings is 2. The van der Waals surface area contributed by atoms with Gasteiger partial charge in [-0.3, -0.25) is 9.59 Å². The summed E-state index contributed by atoms with van der Waals surface area (Å²) < 4.78 is 5.45. The highest BCUT2D eigenvalue weighted by atomic mass is 16.5. The smallest absolute Gasteiger partial charge is 0.343 e. The SMILES string of the molecule is C/C=C/[C@@H]1[C@H]2C[C@@H](C)CC[C@@H]2C(C)=C[C@H]1C(=O)c1c(O)c(-c2ccc(OC(=O)c3ccccc3)cc2)c[nH]c1=O. The van der Waals surface area contributed by atoms with Gasteiger partial charge >= 0.3 is 5.97 Å². The quantitative estimate of drug-likeness (QED) is 0.153. The molecule has 1 saturated carbocycles. The van der Waals surface area contributed by atoms with Crippen molar-refractivity contribution in [2.75, 3.05) is 0 Å². The highest BCUT2D eigenvalue weighted by Crippen LogP contribution is 2.49. The maximum Gasteiger partial charge on any atom is 0.343 e. The number of esters is 1. The van der Waals surface area contributed by atoms with Crippen LogP contribution in [0.15, 0.2) is 89.4 Å². The van der Waals surface area contributed by atoms with E-state index in [1.54, 1.807) is 48.5 Å². The summed E-state index contributed by atoms with van der Waals surface area (Å²) >= 11 is 0. The molecule has 0 saturated heterocycles. The minimum Gasteiger partial charge on any atom is -0.506 e. The van der Waals surface area contributed by atoms with Crippen LogP contribution in [0, 0.1) is 29.6 Å². The van der Waals surface area contributed by atoms with Crippen molar-refractivity contribution in [1.29, 1.82) is 0 Å². The van der Waals surface area contributed by atoms with Crippen LogP contribution >= 0.6 is 0 Å². The Labute approximate surface area is 234 Å². The number of Topliss-reactive ketones (excluding diaryl/α,β-unsaturated/α-hetero) is 1. The van der Waals surface area contributed by atoms with Crippen LogP contribution < -0.4 is 10.3 Å². The number of carbonyl (C=O) groups is 2. The van der Waals surface area contributed by atoms with Crippen LogP contribution in [0.3, 0.4) is 0 Å². The number of allylic oxidation sites excluding steroid dienone is 4. The molecular formula is C34H35NO5. The highest BCUT2D eigenvalue weighted by molar-refractivity contribution is 6.03. The zero-order valence-corrected chi connectivity index (χ0v) is 23.1. The molecule has 2 aromatic carbocycles. The van der Waals surface area contributed by atoms with E-state index in [2.05, 4.69) is 24.9 Å². The van der Waals surface area contributed by atoms with Crippen LogP contribution in [-0.4, -0.2) is 21.8 Å². The number of ether oxygens (including phenoxy) is 1. The Balaban J connectivity index is 1.45. The molecule has 2 aliphatic carbocycles. The fourth-order valence-electron chi connectivity index (χ4n) is 6.51. The third-order valence-electron chi connectivity index (χ3n) is 8.51. The van der Waals surface area contributed by atoms with E-state index >= 15 is 0 Å². The highest BCUT2D eigenvalue weighted by Gasteiger charge is 2.43. The number of hydrogen-bond donors (Lipinski definition) is 2. The molecule has 206 valence electrons. The van der Waals surface area contributed by atoms with E-state index in [1.807, 2.05) is 25.1 Å². The van der Waals surface area contributed by atoms with Crippen molar-refractivity contribution in [3.8, 4) is 22.6 Å². The van der Waals surface area contributed by atoms with Gasteiger partial charge in [0.25, 0.3) is 5.56 Å². The van der Waals surface area contributed by atoms with Crippen LogP contribution in [0.4, 0.5) is 0 Å². The van der Waals surface area contributed by atoms with Crippen LogP contribution in [0.1, 0.15) is 60.7 Å². The predicted molar refractivity (Wildman–Crippen MR) is 155 cm³/mol. The van der Waals surface area contributed by atoms with E-state index in [4.69, 9.17) is 4.74 Å². The first-order chi connectivity index (χ1) is 19.3. The Morgan fingerprint density at radius 1 is 1.05 bits per heavy atom. The summed E-state index contributed by atoms with van der Waals surface area (Å²) in [7, 11) is 0. The van der Waals surface area contributed by atoms with Crippen molar-refractivity contribution in [3.05, 3.63) is 106 Å². The van der Waals surface area contributed by atoms with Crippen LogP contribution in [0.25, 0.3) is 11.1 Å². The number of nitrogens with one attached hydrogen (secondary N) is 1. The topological polar surface area (TPSA) is 96.5 Å². The Morgan fingerprint density at radius 2 is 1.77 bits per heavy atom. The van der Waals surface area contributed by atoms with Gasteiger partial charge in [0.1, 0.15) is 17.1 Å². The van der Waals surface area contributed by atoms with E-state index in [9.17, 15) is 19.5 Å². The number of pyridine rings is 1. The third-order valence-corrected chi connectivity index (χ3v) is 8.51. The number of aromatic hydroxyl groups is 1. The molecule has 0 amide bonds. The van der Waals surface area contributed by atoms with Gasteiger partial charge in [-0.15, -0.1) is 0 Å². The van der Waals surface area contributed by atoms with Gasteiger partial charge in [-0.2, -0.15) is 0 Å². The summed E-state index contributed by atoms with van der Waals surface area (Å²) in [5, 5.41) is 11.3. The molecule has 6 nitrogen and oxygen atoms in total. The summed E-state index contributed by atoms with van der Waals surface area (Å²) in [5.74, 6) is -0.0465. The summed E-state index contributed by atoms with van der Waals surface area (Å²) in [6.07, 6.45) is 10.9. The molecular weight excluding hydrogens is 502 g/mol. The lowest BCUT2D eigenvalue weighted by molar-refractivity contribution is 0.0734. The van der Waals surface area contributed by atoms with E-state index < -0.39 is 17.4 Å². The second kappa shape index (κ2) is 11.5. The van der Waals surface area contributed by atoms with Gasteiger partial charge < -0.3 is 14.8 Å². The maximum absolute atomic E-state index is 14.0. The normalized spacial score (nSPS) is 24.3. The van der Waals surface area contributed by atoms with Crippen LogP contribution in [0.5, 0.6) is 11.5 Å². The minimum absolute atomic E-state index is 0.0324. The average molecular weight is 538 g/mol. The number of carbonyl (C=O) groups excluding carboxylic acids is 2. The molecule has 5 atom stereocenters. The molecule has 0 bridgehead atoms. The molecule has 1 aromatic heterocycles. The van der Waals surface area contributed by atoms with Gasteiger partial charge in [0.05, 0.1) is 5.56 Å². The molecule has 2 N–H and O–H groups in total. The molecule has 1 heterocycles. The number of hydrogen-bond acceptors (Lipinski definition) is 5. The number of H-pyrrole nitrogens is 1. The number of ketones is 1. The number of aromatic nitrogens is 1. The van der Waals surface area contributed by atoms with Crippen molar-refractivity contribution in [2.45, 2.75) is 40.0 Å². The van der Waals surface area contributed by atoms with Crippen molar-refractivity contribution >= 4 is 11.8 Å². The monoisotopic (exact) mass is 537 g/mol. The average Bonchev–Trinajstić information content (AvgIpc) is 2.95. The van der Waals surface area contributed by atoms with Gasteiger partial charge in [-0.05, 0) is 80.2 Å². The molecule has 2 aliphatic rings. The largest absolute Gasteiger partial charge is 0.506 e. The standard InChI is InChI=1S/C34H35NO5/c1-4-8-26-27-17-20(2)11-16-25(27)21(3)18-28(26)31(36)30-32(37)29(19-35-33(30)38)22-12-14-24(15-13-22)40-34(39)23-9-6-5-7-10-23/h4-10,12-15,18-20,25-28H,11,16-17H2,1-3H3,(H2,35,37,38)/b8-4+/t20-,25+,26+,27-,28+/m0/s1. The summed E-state index contributed by atoms with van der Waals surface area (Å²) in [6, 6.07) is 15.3. The fourth-order valence-corrected chi connectivity index (χ4v) is 6.51. The van der Waals surface area contributed by atoms with Crippen molar-refractivity contribution in [3.63, 3.8) is 0 Å². The molecule has 0 radical (unpaired) electrons. The lowest BCUT2D eigenvalue weighted by Gasteiger charge is -2.45. The Hall–Kier alpha value is -4.19. The molecule has 6 heteroatoms. The fraction of sp³-hybridized carbons (Fsp3) is 0.324. The molecule has 0 aliphatic heterocycles. The molecule has 1 fully saturated rings. The molecule has 0 unspecified atom stereocenters. The van der Waals surface area contributed by atoms with Gasteiger partial charge in [0, 0.05) is 17.7 Å². The number of aromatic amines is 1. The molecule has 0 spiro atoms. The van der Waals surface area contributed by atoms with E-state index in [-0.39, 0.29) is 23.0 Å². The molecule has 3 aromatic rings. The van der Waals surface area contributed by atoms with Gasteiger partial charge in [0.15, 0.2) is 5.78 Å². The predicted octanol–water partition coefficient (Wildman–Crippen LogP) is 6.97. The minimum atomic E-state index is -0.607. The van der Waals surface area contributed by atoms with E-state index in [0.29, 0.717) is 40.2 Å². The Kier molecular flexibility index (Phi) is 7.88.